The van der Waals surface area contributed by atoms with Gasteiger partial charge in [0.05, 0.1) is 28.1 Å². The number of benzene rings is 9. The molecule has 2 aliphatic rings. The Morgan fingerprint density at radius 3 is 1.93 bits per heavy atom. The molecule has 0 aliphatic heterocycles. The van der Waals surface area contributed by atoms with Crippen LogP contribution >= 0.6 is 11.3 Å². The van der Waals surface area contributed by atoms with Gasteiger partial charge in [-0.25, -0.2) is 0 Å². The van der Waals surface area contributed by atoms with Crippen molar-refractivity contribution in [3.8, 4) is 22.5 Å². The molecule has 9 aromatic carbocycles. The number of nitrogens with zero attached hydrogens (tertiary/aromatic N) is 3. The molecule has 14 rings (SSSR count). The van der Waals surface area contributed by atoms with E-state index < -0.39 is 0 Å². The number of aromatic nitrogens is 2. The summed E-state index contributed by atoms with van der Waals surface area (Å²) in [4.78, 5) is 2.59. The summed E-state index contributed by atoms with van der Waals surface area (Å²) < 4.78 is 7.53. The van der Waals surface area contributed by atoms with Crippen LogP contribution in [-0.2, 0) is 5.41 Å². The fourth-order valence-corrected chi connectivity index (χ4v) is 12.9. The molecule has 3 nitrogen and oxygen atoms in total. The van der Waals surface area contributed by atoms with Gasteiger partial charge >= 0.3 is 0 Å². The lowest BCUT2D eigenvalue weighted by Gasteiger charge is -2.34. The van der Waals surface area contributed by atoms with Gasteiger partial charge in [-0.2, -0.15) is 0 Å². The first-order chi connectivity index (χ1) is 33.0. The number of rotatable bonds is 6. The van der Waals surface area contributed by atoms with E-state index in [-0.39, 0.29) is 11.5 Å². The van der Waals surface area contributed by atoms with Crippen LogP contribution in [0.4, 0.5) is 11.4 Å². The first kappa shape index (κ1) is 38.4. The smallest absolute Gasteiger partial charge is 0.0560 e. The zero-order valence-corrected chi connectivity index (χ0v) is 38.1. The van der Waals surface area contributed by atoms with E-state index in [4.69, 9.17) is 0 Å². The minimum Gasteiger partial charge on any atom is -0.334 e. The summed E-state index contributed by atoms with van der Waals surface area (Å²) in [6.45, 7) is 4.76. The van der Waals surface area contributed by atoms with E-state index in [0.717, 1.165) is 6.42 Å². The maximum Gasteiger partial charge on any atom is 0.0560 e. The van der Waals surface area contributed by atoms with Gasteiger partial charge in [0.15, 0.2) is 0 Å². The van der Waals surface area contributed by atoms with Gasteiger partial charge in [-0.3, -0.25) is 0 Å². The molecule has 318 valence electrons. The van der Waals surface area contributed by atoms with Crippen molar-refractivity contribution >= 4 is 92.1 Å². The van der Waals surface area contributed by atoms with Crippen molar-refractivity contribution in [1.29, 1.82) is 0 Å². The van der Waals surface area contributed by atoms with Gasteiger partial charge in [0.2, 0.25) is 0 Å². The molecule has 4 heteroatoms. The average molecular weight is 876 g/mol. The van der Waals surface area contributed by atoms with E-state index in [1.807, 2.05) is 11.3 Å². The van der Waals surface area contributed by atoms with Crippen LogP contribution in [-0.4, -0.2) is 15.2 Å². The molecule has 0 radical (unpaired) electrons. The minimum atomic E-state index is -0.111. The van der Waals surface area contributed by atoms with Crippen molar-refractivity contribution in [3.05, 3.63) is 235 Å². The Morgan fingerprint density at radius 1 is 0.493 bits per heavy atom. The Balaban J connectivity index is 0.908. The van der Waals surface area contributed by atoms with Gasteiger partial charge in [0, 0.05) is 69.9 Å². The second-order valence-corrected chi connectivity index (χ2v) is 19.9. The van der Waals surface area contributed by atoms with Crippen LogP contribution in [0, 0.1) is 0 Å². The van der Waals surface area contributed by atoms with Crippen molar-refractivity contribution in [2.24, 2.45) is 0 Å². The number of fused-ring (bicyclic) bond motifs is 13. The zero-order valence-electron chi connectivity index (χ0n) is 37.3. The molecular formula is C63H45N3S. The van der Waals surface area contributed by atoms with Crippen LogP contribution in [0.25, 0.3) is 91.9 Å². The fraction of sp³-hybridized carbons (Fsp3) is 0.0794. The molecule has 12 aromatic rings. The molecule has 0 N–H and O–H groups in total. The molecule has 0 spiro atoms. The van der Waals surface area contributed by atoms with Gasteiger partial charge in [0.1, 0.15) is 0 Å². The van der Waals surface area contributed by atoms with Gasteiger partial charge in [0.25, 0.3) is 0 Å². The monoisotopic (exact) mass is 875 g/mol. The number of allylic oxidation sites excluding steroid dienone is 2. The Morgan fingerprint density at radius 2 is 1.12 bits per heavy atom. The molecule has 3 heterocycles. The maximum absolute atomic E-state index is 2.59. The van der Waals surface area contributed by atoms with Crippen LogP contribution in [0.15, 0.2) is 218 Å². The summed E-state index contributed by atoms with van der Waals surface area (Å²) in [5.41, 5.74) is 17.5. The van der Waals surface area contributed by atoms with Crippen molar-refractivity contribution < 1.29 is 0 Å². The summed E-state index contributed by atoms with van der Waals surface area (Å²) in [5.74, 6) is 0. The van der Waals surface area contributed by atoms with E-state index in [9.17, 15) is 0 Å². The second-order valence-electron chi connectivity index (χ2n) is 18.8. The number of hydrogen-bond acceptors (Lipinski definition) is 2. The third-order valence-electron chi connectivity index (χ3n) is 14.8. The Labute approximate surface area is 393 Å². The average Bonchev–Trinajstić information content (AvgIpc) is 4.09. The van der Waals surface area contributed by atoms with Crippen LogP contribution in [0.3, 0.4) is 0 Å². The molecule has 0 bridgehead atoms. The normalized spacial score (nSPS) is 15.3. The third kappa shape index (κ3) is 5.70. The summed E-state index contributed by atoms with van der Waals surface area (Å²) in [6, 6.07) is 74.4. The summed E-state index contributed by atoms with van der Waals surface area (Å²) in [7, 11) is 0. The fourth-order valence-electron chi connectivity index (χ4n) is 11.7. The lowest BCUT2D eigenvalue weighted by atomic mass is 9.82. The Kier molecular flexibility index (Phi) is 8.32. The number of anilines is 2. The second kappa shape index (κ2) is 14.5. The van der Waals surface area contributed by atoms with Crippen LogP contribution in [0.1, 0.15) is 37.0 Å². The van der Waals surface area contributed by atoms with Gasteiger partial charge < -0.3 is 14.0 Å². The number of thiophene rings is 1. The third-order valence-corrected chi connectivity index (χ3v) is 16.0. The molecule has 0 amide bonds. The van der Waals surface area contributed by atoms with E-state index in [0.29, 0.717) is 0 Å². The SMILES string of the molecule is CC1(C)c2ccccc2-c2ccc(N(c3ccc4c(c3)c3ccccc3n4-c3ccccc3)C3C=CC(c4ccc5c(c4)c4c6sc7ccccc7c6ccc4n5-c4ccccc4)=CC3)cc21. The van der Waals surface area contributed by atoms with Crippen LogP contribution < -0.4 is 4.90 Å². The van der Waals surface area contributed by atoms with Crippen molar-refractivity contribution in [2.45, 2.75) is 31.7 Å². The van der Waals surface area contributed by atoms with Crippen LogP contribution in [0.5, 0.6) is 0 Å². The lowest BCUT2D eigenvalue weighted by molar-refractivity contribution is 0.659. The van der Waals surface area contributed by atoms with E-state index in [2.05, 4.69) is 246 Å². The Hall–Kier alpha value is -7.92. The van der Waals surface area contributed by atoms with E-state index >= 15 is 0 Å². The van der Waals surface area contributed by atoms with E-state index in [1.54, 1.807) is 0 Å². The molecule has 2 aliphatic carbocycles. The topological polar surface area (TPSA) is 13.1 Å². The van der Waals surface area contributed by atoms with Gasteiger partial charge in [-0.15, -0.1) is 11.3 Å². The van der Waals surface area contributed by atoms with Crippen LogP contribution in [0.2, 0.25) is 0 Å². The highest BCUT2D eigenvalue weighted by Crippen LogP contribution is 2.51. The molecule has 1 unspecified atom stereocenters. The minimum absolute atomic E-state index is 0.0931. The van der Waals surface area contributed by atoms with E-state index in [1.165, 1.54) is 120 Å². The Bertz CT molecular complexity index is 4050. The lowest BCUT2D eigenvalue weighted by Crippen LogP contribution is -2.30. The van der Waals surface area contributed by atoms with Crippen molar-refractivity contribution in [1.82, 2.24) is 9.13 Å². The molecule has 0 fully saturated rings. The summed E-state index contributed by atoms with van der Waals surface area (Å²) >= 11 is 1.91. The number of para-hydroxylation sites is 3. The summed E-state index contributed by atoms with van der Waals surface area (Å²) in [5, 5.41) is 7.78. The molecule has 0 saturated carbocycles. The quantitative estimate of drug-likeness (QED) is 0.162. The molecule has 0 saturated heterocycles. The predicted octanol–water partition coefficient (Wildman–Crippen LogP) is 17.1. The first-order valence-corrected chi connectivity index (χ1v) is 24.3. The summed E-state index contributed by atoms with van der Waals surface area (Å²) in [6.07, 6.45) is 8.15. The molecular weight excluding hydrogens is 831 g/mol. The highest BCUT2D eigenvalue weighted by molar-refractivity contribution is 7.26. The van der Waals surface area contributed by atoms with Gasteiger partial charge in [-0.1, -0.05) is 147 Å². The highest BCUT2D eigenvalue weighted by Gasteiger charge is 2.36. The zero-order chi connectivity index (χ0) is 44.4. The number of hydrogen-bond donors (Lipinski definition) is 0. The van der Waals surface area contributed by atoms with Crippen molar-refractivity contribution in [3.63, 3.8) is 0 Å². The first-order valence-electron chi connectivity index (χ1n) is 23.4. The van der Waals surface area contributed by atoms with Gasteiger partial charge in [-0.05, 0) is 125 Å². The molecule has 3 aromatic heterocycles. The maximum atomic E-state index is 2.59. The largest absolute Gasteiger partial charge is 0.334 e. The standard InChI is InChI=1S/C63H45N3S/c1-63(2)54-22-12-9-19-47(54)48-32-30-46(39-55(48)63)64(45-31-35-57-52(38-45)49-20-10-13-23-56(49)65(57)42-15-5-3-6-16-42)44-28-25-40(26-29-44)41-27-34-58-53(37-41)61-59(66(58)43-17-7-4-8-18-43)36-33-51-50-21-11-14-24-60(50)67-62(51)61/h3-28,30-39,44H,29H2,1-2H3. The molecule has 67 heavy (non-hydrogen) atoms. The van der Waals surface area contributed by atoms with Crippen molar-refractivity contribution in [2.75, 3.05) is 4.90 Å². The predicted molar refractivity (Wildman–Crippen MR) is 286 cm³/mol. The molecule has 1 atom stereocenters. The highest BCUT2D eigenvalue weighted by atomic mass is 32.1.